The maximum Gasteiger partial charge on any atom is 0.308 e. The van der Waals surface area contributed by atoms with Crippen LogP contribution in [0.1, 0.15) is 43.6 Å². The normalized spacial score (nSPS) is 10.0. The Bertz CT molecular complexity index is 962. The largest absolute Gasteiger partial charge is 0.426 e. The zero-order chi connectivity index (χ0) is 22.4. The zero-order valence-corrected chi connectivity index (χ0v) is 16.8. The summed E-state index contributed by atoms with van der Waals surface area (Å²) < 4.78 is 10.2. The number of carbonyl (C=O) groups excluding carboxylic acids is 5. The predicted octanol–water partition coefficient (Wildman–Crippen LogP) is 2.69. The number of ether oxygens (including phenoxy) is 2. The number of rotatable bonds is 6. The van der Waals surface area contributed by atoms with E-state index >= 15 is 0 Å². The smallest absolute Gasteiger partial charge is 0.308 e. The van der Waals surface area contributed by atoms with Crippen LogP contribution in [0, 0.1) is 0 Å². The van der Waals surface area contributed by atoms with Crippen LogP contribution in [-0.4, -0.2) is 29.5 Å². The van der Waals surface area contributed by atoms with Gasteiger partial charge in [0.1, 0.15) is 11.5 Å². The summed E-state index contributed by atoms with van der Waals surface area (Å²) in [5.41, 5.74) is 0.497. The lowest BCUT2D eigenvalue weighted by atomic mass is 10.00. The molecule has 0 atom stereocenters. The second kappa shape index (κ2) is 9.46. The standard InChI is InChI=1S/C21H20N2O7/c1-11(24)22-15-5-7-19(29-13(3)26)17(9-15)21(28)18-10-16(23-12(2)25)6-8-20(18)30-14(4)27/h5-10H,1-4H3,(H,22,24)(H,23,25). The lowest BCUT2D eigenvalue weighted by molar-refractivity contribution is -0.132. The van der Waals surface area contributed by atoms with Gasteiger partial charge in [-0.25, -0.2) is 0 Å². The lowest BCUT2D eigenvalue weighted by Gasteiger charge is -2.14. The molecule has 2 amide bonds. The summed E-state index contributed by atoms with van der Waals surface area (Å²) in [7, 11) is 0. The van der Waals surface area contributed by atoms with E-state index in [1.54, 1.807) is 0 Å². The number of hydrogen-bond donors (Lipinski definition) is 2. The second-order valence-corrected chi connectivity index (χ2v) is 6.30. The fourth-order valence-electron chi connectivity index (χ4n) is 2.61. The molecule has 2 aromatic carbocycles. The van der Waals surface area contributed by atoms with E-state index in [1.165, 1.54) is 64.1 Å². The van der Waals surface area contributed by atoms with Gasteiger partial charge < -0.3 is 20.1 Å². The monoisotopic (exact) mass is 412 g/mol. The summed E-state index contributed by atoms with van der Waals surface area (Å²) in [6.07, 6.45) is 0. The van der Waals surface area contributed by atoms with E-state index in [9.17, 15) is 24.0 Å². The number of esters is 2. The molecule has 0 bridgehead atoms. The van der Waals surface area contributed by atoms with Gasteiger partial charge in [0.15, 0.2) is 0 Å². The fraction of sp³-hybridized carbons (Fsp3) is 0.190. The first-order chi connectivity index (χ1) is 14.1. The highest BCUT2D eigenvalue weighted by molar-refractivity contribution is 6.14. The number of ketones is 1. The minimum atomic E-state index is -0.651. The number of carbonyl (C=O) groups is 5. The molecule has 0 radical (unpaired) electrons. The van der Waals surface area contributed by atoms with Crippen molar-refractivity contribution in [3.63, 3.8) is 0 Å². The Labute approximate surface area is 172 Å². The van der Waals surface area contributed by atoms with Crippen molar-refractivity contribution in [3.8, 4) is 11.5 Å². The molecule has 0 aliphatic carbocycles. The van der Waals surface area contributed by atoms with E-state index in [1.807, 2.05) is 0 Å². The molecule has 2 N–H and O–H groups in total. The number of anilines is 2. The first-order valence-electron chi connectivity index (χ1n) is 8.81. The van der Waals surface area contributed by atoms with Gasteiger partial charge >= 0.3 is 11.9 Å². The molecule has 30 heavy (non-hydrogen) atoms. The molecule has 156 valence electrons. The number of hydrogen-bond acceptors (Lipinski definition) is 7. The Morgan fingerprint density at radius 1 is 0.633 bits per heavy atom. The minimum absolute atomic E-state index is 0.0414. The molecule has 0 unspecified atom stereocenters. The van der Waals surface area contributed by atoms with Crippen LogP contribution in [0.25, 0.3) is 0 Å². The molecule has 0 saturated carbocycles. The Kier molecular flexibility index (Phi) is 7.03. The van der Waals surface area contributed by atoms with Gasteiger partial charge in [-0.05, 0) is 36.4 Å². The molecule has 2 rings (SSSR count). The van der Waals surface area contributed by atoms with Crippen molar-refractivity contribution in [1.29, 1.82) is 0 Å². The molecule has 0 heterocycles. The van der Waals surface area contributed by atoms with Crippen molar-refractivity contribution in [2.24, 2.45) is 0 Å². The van der Waals surface area contributed by atoms with Gasteiger partial charge in [-0.1, -0.05) is 0 Å². The molecular formula is C21H20N2O7. The van der Waals surface area contributed by atoms with Crippen LogP contribution in [0.2, 0.25) is 0 Å². The molecule has 9 nitrogen and oxygen atoms in total. The average Bonchev–Trinajstić information content (AvgIpc) is 2.62. The van der Waals surface area contributed by atoms with Crippen LogP contribution >= 0.6 is 0 Å². The van der Waals surface area contributed by atoms with Gasteiger partial charge in [-0.15, -0.1) is 0 Å². The van der Waals surface area contributed by atoms with Gasteiger partial charge in [-0.3, -0.25) is 24.0 Å². The summed E-state index contributed by atoms with van der Waals surface area (Å²) in [5, 5.41) is 5.08. The summed E-state index contributed by atoms with van der Waals surface area (Å²) in [5.74, 6) is -2.75. The third kappa shape index (κ3) is 5.99. The molecular weight excluding hydrogens is 392 g/mol. The van der Waals surface area contributed by atoms with Crippen molar-refractivity contribution in [1.82, 2.24) is 0 Å². The van der Waals surface area contributed by atoms with Crippen LogP contribution in [0.3, 0.4) is 0 Å². The van der Waals surface area contributed by atoms with E-state index in [2.05, 4.69) is 10.6 Å². The Morgan fingerprint density at radius 3 is 1.30 bits per heavy atom. The zero-order valence-electron chi connectivity index (χ0n) is 16.8. The molecule has 0 aliphatic heterocycles. The van der Waals surface area contributed by atoms with Gasteiger partial charge in [-0.2, -0.15) is 0 Å². The van der Waals surface area contributed by atoms with Crippen molar-refractivity contribution in [2.45, 2.75) is 27.7 Å². The third-order valence-corrected chi connectivity index (χ3v) is 3.60. The van der Waals surface area contributed by atoms with E-state index in [-0.39, 0.29) is 34.4 Å². The Hall–Kier alpha value is -4.01. The van der Waals surface area contributed by atoms with Crippen molar-refractivity contribution in [2.75, 3.05) is 10.6 Å². The van der Waals surface area contributed by atoms with Gasteiger partial charge in [0.25, 0.3) is 0 Å². The van der Waals surface area contributed by atoms with Crippen LogP contribution in [0.5, 0.6) is 11.5 Å². The highest BCUT2D eigenvalue weighted by Crippen LogP contribution is 2.31. The van der Waals surface area contributed by atoms with Crippen molar-refractivity contribution < 1.29 is 33.4 Å². The minimum Gasteiger partial charge on any atom is -0.426 e. The summed E-state index contributed by atoms with van der Waals surface area (Å²) >= 11 is 0. The first-order valence-corrected chi connectivity index (χ1v) is 8.81. The molecule has 0 spiro atoms. The Balaban J connectivity index is 2.63. The summed E-state index contributed by atoms with van der Waals surface area (Å²) in [6.45, 7) is 4.96. The first kappa shape index (κ1) is 22.3. The summed E-state index contributed by atoms with van der Waals surface area (Å²) in [4.78, 5) is 59.0. The lowest BCUT2D eigenvalue weighted by Crippen LogP contribution is -2.14. The maximum absolute atomic E-state index is 13.3. The van der Waals surface area contributed by atoms with Crippen LogP contribution in [-0.2, 0) is 19.2 Å². The van der Waals surface area contributed by atoms with Gasteiger partial charge in [0.2, 0.25) is 17.6 Å². The van der Waals surface area contributed by atoms with E-state index in [0.717, 1.165) is 0 Å². The van der Waals surface area contributed by atoms with E-state index in [0.29, 0.717) is 11.4 Å². The highest BCUT2D eigenvalue weighted by atomic mass is 16.5. The van der Waals surface area contributed by atoms with Gasteiger partial charge in [0, 0.05) is 39.1 Å². The maximum atomic E-state index is 13.3. The molecule has 0 aromatic heterocycles. The fourth-order valence-corrected chi connectivity index (χ4v) is 2.61. The quantitative estimate of drug-likeness (QED) is 0.424. The van der Waals surface area contributed by atoms with E-state index in [4.69, 9.17) is 9.47 Å². The molecule has 2 aromatic rings. The van der Waals surface area contributed by atoms with Crippen LogP contribution < -0.4 is 20.1 Å². The van der Waals surface area contributed by atoms with Crippen molar-refractivity contribution >= 4 is 40.9 Å². The predicted molar refractivity (Wildman–Crippen MR) is 108 cm³/mol. The summed E-state index contributed by atoms with van der Waals surface area (Å²) in [6, 6.07) is 8.34. The van der Waals surface area contributed by atoms with Crippen LogP contribution in [0.4, 0.5) is 11.4 Å². The highest BCUT2D eigenvalue weighted by Gasteiger charge is 2.22. The SMILES string of the molecule is CC(=O)Nc1ccc(OC(C)=O)c(C(=O)c2cc(NC(C)=O)ccc2OC(C)=O)c1. The molecule has 0 aliphatic rings. The van der Waals surface area contributed by atoms with Crippen LogP contribution in [0.15, 0.2) is 36.4 Å². The average molecular weight is 412 g/mol. The number of benzene rings is 2. The van der Waals surface area contributed by atoms with E-state index < -0.39 is 17.7 Å². The topological polar surface area (TPSA) is 128 Å². The number of nitrogens with one attached hydrogen (secondary N) is 2. The molecule has 9 heteroatoms. The molecule has 0 fully saturated rings. The Morgan fingerprint density at radius 2 is 1.00 bits per heavy atom. The molecule has 0 saturated heterocycles. The second-order valence-electron chi connectivity index (χ2n) is 6.30. The number of amides is 2. The van der Waals surface area contributed by atoms with Gasteiger partial charge in [0.05, 0.1) is 11.1 Å². The third-order valence-electron chi connectivity index (χ3n) is 3.60. The van der Waals surface area contributed by atoms with Crippen molar-refractivity contribution in [3.05, 3.63) is 47.5 Å².